The monoisotopic (exact) mass is 144 g/mol. The summed E-state index contributed by atoms with van der Waals surface area (Å²) in [6.07, 6.45) is 5.69. The first-order chi connectivity index (χ1) is 5.33. The lowest BCUT2D eigenvalue weighted by Crippen LogP contribution is -1.87. The molecule has 0 aliphatic rings. The molecular formula is C10H8O. The highest BCUT2D eigenvalue weighted by Crippen LogP contribution is 1.93. The summed E-state index contributed by atoms with van der Waals surface area (Å²) in [6, 6.07) is 8.35. The van der Waals surface area contributed by atoms with Gasteiger partial charge in [-0.25, -0.2) is 0 Å². The molecule has 0 radical (unpaired) electrons. The molecule has 0 spiro atoms. The first kappa shape index (κ1) is 7.56. The van der Waals surface area contributed by atoms with Gasteiger partial charge in [-0.3, -0.25) is 4.79 Å². The molecule has 11 heavy (non-hydrogen) atoms. The van der Waals surface area contributed by atoms with Crippen LogP contribution in [0.2, 0.25) is 0 Å². The van der Waals surface area contributed by atoms with Crippen molar-refractivity contribution in [2.24, 2.45) is 0 Å². The third kappa shape index (κ3) is 2.27. The first-order valence-electron chi connectivity index (χ1n) is 3.35. The van der Waals surface area contributed by atoms with E-state index in [2.05, 4.69) is 5.92 Å². The van der Waals surface area contributed by atoms with Crippen LogP contribution >= 0.6 is 0 Å². The summed E-state index contributed by atoms with van der Waals surface area (Å²) in [5.41, 5.74) is 1.00. The minimum atomic E-state index is 0.00766. The summed E-state index contributed by atoms with van der Waals surface area (Å²) in [4.78, 5) is 10.8. The van der Waals surface area contributed by atoms with Crippen molar-refractivity contribution in [2.45, 2.75) is 6.42 Å². The van der Waals surface area contributed by atoms with Gasteiger partial charge in [0, 0.05) is 6.42 Å². The Kier molecular flexibility index (Phi) is 2.46. The Morgan fingerprint density at radius 3 is 2.82 bits per heavy atom. The smallest absolute Gasteiger partial charge is 0.178 e. The van der Waals surface area contributed by atoms with Crippen molar-refractivity contribution < 1.29 is 0 Å². The Morgan fingerprint density at radius 2 is 2.09 bits per heavy atom. The van der Waals surface area contributed by atoms with Crippen LogP contribution in [0.5, 0.6) is 0 Å². The number of terminal acetylenes is 1. The molecule has 1 nitrogen and oxygen atoms in total. The van der Waals surface area contributed by atoms with Crippen molar-refractivity contribution >= 4 is 0 Å². The SMILES string of the molecule is C#CCc1cccc(=O)cc1. The molecule has 1 rings (SSSR count). The molecule has 0 heterocycles. The van der Waals surface area contributed by atoms with E-state index in [0.29, 0.717) is 6.42 Å². The quantitative estimate of drug-likeness (QED) is 0.542. The molecule has 0 aromatic heterocycles. The Balaban J connectivity index is 3.07. The lowest BCUT2D eigenvalue weighted by atomic mass is 10.2. The molecule has 1 aromatic rings. The van der Waals surface area contributed by atoms with Crippen LogP contribution in [0, 0.1) is 12.3 Å². The van der Waals surface area contributed by atoms with Crippen molar-refractivity contribution in [3.8, 4) is 12.3 Å². The third-order valence-electron chi connectivity index (χ3n) is 1.34. The van der Waals surface area contributed by atoms with Crippen molar-refractivity contribution in [3.05, 3.63) is 46.1 Å². The van der Waals surface area contributed by atoms with Crippen LogP contribution in [0.3, 0.4) is 0 Å². The van der Waals surface area contributed by atoms with Gasteiger partial charge in [0.1, 0.15) is 0 Å². The minimum Gasteiger partial charge on any atom is -0.290 e. The zero-order valence-electron chi connectivity index (χ0n) is 6.08. The second-order valence-corrected chi connectivity index (χ2v) is 2.22. The van der Waals surface area contributed by atoms with E-state index >= 15 is 0 Å². The number of hydrogen-bond donors (Lipinski definition) is 0. The highest BCUT2D eigenvalue weighted by Gasteiger charge is 1.84. The standard InChI is InChI=1S/C10H8O/c1-2-4-9-5-3-6-10(11)8-7-9/h1,3,5-8H,4H2. The van der Waals surface area contributed by atoms with Gasteiger partial charge in [0.2, 0.25) is 0 Å². The van der Waals surface area contributed by atoms with Gasteiger partial charge < -0.3 is 0 Å². The van der Waals surface area contributed by atoms with Gasteiger partial charge in [-0.2, -0.15) is 0 Å². The Hall–Kier alpha value is -1.55. The van der Waals surface area contributed by atoms with Crippen molar-refractivity contribution in [1.82, 2.24) is 0 Å². The van der Waals surface area contributed by atoms with Gasteiger partial charge in [-0.15, -0.1) is 12.3 Å². The van der Waals surface area contributed by atoms with Crippen LogP contribution in [0.15, 0.2) is 35.1 Å². The predicted molar refractivity (Wildman–Crippen MR) is 45.2 cm³/mol. The molecule has 0 unspecified atom stereocenters. The van der Waals surface area contributed by atoms with Crippen LogP contribution in [-0.4, -0.2) is 0 Å². The van der Waals surface area contributed by atoms with Crippen molar-refractivity contribution in [2.75, 3.05) is 0 Å². The van der Waals surface area contributed by atoms with E-state index in [1.807, 2.05) is 6.07 Å². The molecule has 1 heteroatoms. The fraction of sp³-hybridized carbons (Fsp3) is 0.100. The van der Waals surface area contributed by atoms with Gasteiger partial charge in [0.25, 0.3) is 0 Å². The van der Waals surface area contributed by atoms with Gasteiger partial charge in [0.15, 0.2) is 5.43 Å². The van der Waals surface area contributed by atoms with Crippen LogP contribution in [-0.2, 0) is 6.42 Å². The van der Waals surface area contributed by atoms with E-state index in [1.165, 1.54) is 12.1 Å². The third-order valence-corrected chi connectivity index (χ3v) is 1.34. The van der Waals surface area contributed by atoms with E-state index < -0.39 is 0 Å². The minimum absolute atomic E-state index is 0.00766. The summed E-state index contributed by atoms with van der Waals surface area (Å²) in [6.45, 7) is 0. The van der Waals surface area contributed by atoms with Crippen molar-refractivity contribution in [1.29, 1.82) is 0 Å². The first-order valence-corrected chi connectivity index (χ1v) is 3.35. The molecule has 0 aliphatic carbocycles. The Bertz CT molecular complexity index is 333. The molecule has 0 atom stereocenters. The molecule has 0 aliphatic heterocycles. The Morgan fingerprint density at radius 1 is 1.27 bits per heavy atom. The van der Waals surface area contributed by atoms with Gasteiger partial charge in [0.05, 0.1) is 0 Å². The van der Waals surface area contributed by atoms with Crippen LogP contribution in [0.25, 0.3) is 0 Å². The molecule has 0 amide bonds. The molecule has 0 N–H and O–H groups in total. The normalized spacial score (nSPS) is 8.64. The summed E-state index contributed by atoms with van der Waals surface area (Å²) in [7, 11) is 0. The van der Waals surface area contributed by atoms with E-state index in [-0.39, 0.29) is 5.43 Å². The molecule has 0 fully saturated rings. The largest absolute Gasteiger partial charge is 0.290 e. The van der Waals surface area contributed by atoms with E-state index in [0.717, 1.165) is 5.56 Å². The summed E-state index contributed by atoms with van der Waals surface area (Å²) >= 11 is 0. The Labute approximate surface area is 65.7 Å². The average molecular weight is 144 g/mol. The van der Waals surface area contributed by atoms with Crippen LogP contribution in [0.4, 0.5) is 0 Å². The number of hydrogen-bond acceptors (Lipinski definition) is 1. The second kappa shape index (κ2) is 3.58. The fourth-order valence-electron chi connectivity index (χ4n) is 0.803. The maximum absolute atomic E-state index is 10.8. The molecule has 0 saturated heterocycles. The predicted octanol–water partition coefficient (Wildman–Crippen LogP) is 1.22. The van der Waals surface area contributed by atoms with E-state index in [4.69, 9.17) is 6.42 Å². The van der Waals surface area contributed by atoms with Gasteiger partial charge >= 0.3 is 0 Å². The highest BCUT2D eigenvalue weighted by molar-refractivity contribution is 5.18. The van der Waals surface area contributed by atoms with Gasteiger partial charge in [-0.05, 0) is 17.7 Å². The number of rotatable bonds is 1. The second-order valence-electron chi connectivity index (χ2n) is 2.22. The average Bonchev–Trinajstić information content (AvgIpc) is 2.17. The molecular weight excluding hydrogens is 136 g/mol. The zero-order valence-corrected chi connectivity index (χ0v) is 6.08. The summed E-state index contributed by atoms with van der Waals surface area (Å²) in [5.74, 6) is 2.52. The molecule has 0 bridgehead atoms. The highest BCUT2D eigenvalue weighted by atomic mass is 16.1. The summed E-state index contributed by atoms with van der Waals surface area (Å²) in [5, 5.41) is 0. The zero-order chi connectivity index (χ0) is 8.10. The lowest BCUT2D eigenvalue weighted by molar-refractivity contribution is 1.34. The summed E-state index contributed by atoms with van der Waals surface area (Å²) < 4.78 is 0. The molecule has 1 aromatic carbocycles. The van der Waals surface area contributed by atoms with E-state index in [1.54, 1.807) is 12.1 Å². The van der Waals surface area contributed by atoms with Crippen LogP contribution in [0.1, 0.15) is 5.56 Å². The van der Waals surface area contributed by atoms with E-state index in [9.17, 15) is 4.79 Å². The molecule has 54 valence electrons. The van der Waals surface area contributed by atoms with Gasteiger partial charge in [-0.1, -0.05) is 18.2 Å². The van der Waals surface area contributed by atoms with Crippen LogP contribution < -0.4 is 5.43 Å². The topological polar surface area (TPSA) is 17.1 Å². The lowest BCUT2D eigenvalue weighted by Gasteiger charge is -1.84. The molecule has 0 saturated carbocycles. The fourth-order valence-corrected chi connectivity index (χ4v) is 0.803. The maximum atomic E-state index is 10.8. The maximum Gasteiger partial charge on any atom is 0.178 e. The van der Waals surface area contributed by atoms with Crippen molar-refractivity contribution in [3.63, 3.8) is 0 Å².